The lowest BCUT2D eigenvalue weighted by molar-refractivity contribution is -0.0625. The second kappa shape index (κ2) is 48.0. The highest BCUT2D eigenvalue weighted by Gasteiger charge is 2.55. The molecule has 0 bridgehead atoms. The largest absolute Gasteiger partial charge is 0.509 e. The fourth-order valence-corrected chi connectivity index (χ4v) is 23.4. The summed E-state index contributed by atoms with van der Waals surface area (Å²) in [6.07, 6.45) is -15.3. The summed E-state index contributed by atoms with van der Waals surface area (Å²) in [5, 5.41) is 62.8. The number of aliphatic hydroxyl groups excluding tert-OH is 6. The zero-order valence-electron chi connectivity index (χ0n) is 76.1. The Kier molecular flexibility index (Phi) is 36.8. The molecule has 9 aromatic rings. The molecule has 774 valence electrons. The first-order valence-electron chi connectivity index (χ1n) is 42.8. The van der Waals surface area contributed by atoms with Crippen LogP contribution in [-0.2, 0) is 112 Å². The van der Waals surface area contributed by atoms with E-state index in [1.807, 2.05) is 0 Å². The number of aromatic nitrogens is 17. The summed E-state index contributed by atoms with van der Waals surface area (Å²) in [5.41, 5.74) is 16.1. The van der Waals surface area contributed by atoms with Crippen LogP contribution in [0.1, 0.15) is 98.2 Å². The van der Waals surface area contributed by atoms with Crippen molar-refractivity contribution in [2.75, 3.05) is 96.0 Å². The second-order valence-corrected chi connectivity index (χ2v) is 43.9. The third-order valence-electron chi connectivity index (χ3n) is 21.5. The number of aromatic amines is 3. The Balaban J connectivity index is 0.000000178. The van der Waals surface area contributed by atoms with Crippen LogP contribution < -0.4 is 50.9 Å². The first kappa shape index (κ1) is 108. The molecule has 141 heavy (non-hydrogen) atoms. The number of carbonyl (C=O) groups excluding carboxylic acids is 3. The molecule has 15 N–H and O–H groups in total. The van der Waals surface area contributed by atoms with Gasteiger partial charge in [-0.05, 0) is 47.6 Å². The number of imidazole rings is 3. The maximum Gasteiger partial charge on any atom is 0.509 e. The SMILES string of the molecule is CO[C@H]1C(OP(=O)(OC[C@H]2O[C@@H](n3cnc4c(N)ncnc43)CC2O)SCOC(=O)OC(C)C)[C@@H](CO)O[C@H]1n1ccc(=O)[nH]c1=O.CO[C@H]1C(O[P@@](=O)(OC[C@H]2O[C@@H](n3cnc4c(N)ccnc43)CC2O)SCOC(=O)OC(C)C)[C@@H](CO)O[C@H]1n1ccc(=O)[nH]c1=O.CO[C@H]1C(O[P@](=O)(OC[C@H]2O[C@@H](n3cnc4c(N)ncnc43)CC2O)SCOC(=O)OC(C)C)[C@@H](CO)O[C@H]1n1ccc(=O)[nH]c1=O. The Labute approximate surface area is 806 Å². The molecule has 6 saturated heterocycles. The number of rotatable bonds is 39. The quantitative estimate of drug-likeness (QED) is 0.0112. The van der Waals surface area contributed by atoms with Crippen LogP contribution in [0.4, 0.5) is 31.7 Å². The van der Waals surface area contributed by atoms with Crippen molar-refractivity contribution in [1.82, 2.24) is 82.2 Å². The van der Waals surface area contributed by atoms with Gasteiger partial charge in [-0.25, -0.2) is 82.3 Å². The van der Waals surface area contributed by atoms with Crippen LogP contribution >= 0.6 is 54.5 Å². The molecule has 0 saturated carbocycles. The van der Waals surface area contributed by atoms with Crippen molar-refractivity contribution in [2.24, 2.45) is 0 Å². The first-order chi connectivity index (χ1) is 67.3. The maximum atomic E-state index is 14.2. The predicted octanol–water partition coefficient (Wildman–Crippen LogP) is 1.43. The van der Waals surface area contributed by atoms with Gasteiger partial charge in [-0.2, -0.15) is 0 Å². The van der Waals surface area contributed by atoms with Crippen LogP contribution in [0.15, 0.2) is 109 Å². The molecule has 0 amide bonds. The van der Waals surface area contributed by atoms with Crippen molar-refractivity contribution in [1.29, 1.82) is 0 Å². The summed E-state index contributed by atoms with van der Waals surface area (Å²) in [6, 6.07) is 4.88. The van der Waals surface area contributed by atoms with Crippen LogP contribution in [0.25, 0.3) is 33.5 Å². The highest BCUT2D eigenvalue weighted by atomic mass is 32.7. The number of ether oxygens (including phenoxy) is 15. The monoisotopic (exact) mass is 2110 g/mol. The van der Waals surface area contributed by atoms with E-state index in [2.05, 4.69) is 54.8 Å². The number of methoxy groups -OCH3 is 3. The number of hydrogen-bond donors (Lipinski definition) is 12. The van der Waals surface area contributed by atoms with Crippen molar-refractivity contribution in [3.63, 3.8) is 0 Å². The van der Waals surface area contributed by atoms with Crippen molar-refractivity contribution >= 4 is 124 Å². The number of fused-ring (bicyclic) bond motifs is 3. The molecule has 9 aromatic heterocycles. The highest BCUT2D eigenvalue weighted by Crippen LogP contribution is 2.66. The molecule has 0 spiro atoms. The fraction of sp³-hybridized carbons (Fsp3) is 0.592. The van der Waals surface area contributed by atoms with Gasteiger partial charge < -0.3 is 119 Å². The summed E-state index contributed by atoms with van der Waals surface area (Å²) in [6.45, 7) is -6.76. The van der Waals surface area contributed by atoms with Crippen LogP contribution in [0.3, 0.4) is 0 Å². The van der Waals surface area contributed by atoms with Crippen LogP contribution in [0.2, 0.25) is 0 Å². The number of anilines is 3. The lowest BCUT2D eigenvalue weighted by Gasteiger charge is -2.28. The van der Waals surface area contributed by atoms with Crippen LogP contribution in [0.5, 0.6) is 0 Å². The number of nitrogens with two attached hydrogens (primary N) is 3. The first-order valence-corrected chi connectivity index (χ1v) is 52.2. The van der Waals surface area contributed by atoms with Gasteiger partial charge >= 0.3 is 55.9 Å². The topological polar surface area (TPSA) is 778 Å². The van der Waals surface area contributed by atoms with Gasteiger partial charge in [0.15, 0.2) is 65.1 Å². The number of carbonyl (C=O) groups is 3. The van der Waals surface area contributed by atoms with Crippen molar-refractivity contribution in [3.8, 4) is 0 Å². The van der Waals surface area contributed by atoms with E-state index in [-0.39, 0.29) is 30.9 Å². The minimum absolute atomic E-state index is 0.0935. The van der Waals surface area contributed by atoms with E-state index in [0.29, 0.717) is 73.3 Å². The van der Waals surface area contributed by atoms with Crippen molar-refractivity contribution in [2.45, 2.75) is 208 Å². The molecule has 0 aromatic carbocycles. The zero-order valence-corrected chi connectivity index (χ0v) is 81.2. The lowest BCUT2D eigenvalue weighted by Crippen LogP contribution is -2.39. The van der Waals surface area contributed by atoms with Gasteiger partial charge in [0.25, 0.3) is 16.7 Å². The molecule has 15 heterocycles. The predicted molar refractivity (Wildman–Crippen MR) is 485 cm³/mol. The van der Waals surface area contributed by atoms with E-state index < -0.39 is 277 Å². The minimum Gasteiger partial charge on any atom is -0.432 e. The number of pyridine rings is 1. The molecular weight excluding hydrogens is 2010 g/mol. The van der Waals surface area contributed by atoms with Gasteiger partial charge in [0, 0.05) is 118 Å². The Morgan fingerprint density at radius 3 is 1.00 bits per heavy atom. The van der Waals surface area contributed by atoms with E-state index >= 15 is 0 Å². The summed E-state index contributed by atoms with van der Waals surface area (Å²) in [7, 11) is 3.83. The minimum atomic E-state index is -4.38. The summed E-state index contributed by atoms with van der Waals surface area (Å²) >= 11 is 1.43. The summed E-state index contributed by atoms with van der Waals surface area (Å²) in [5.74, 6) is -1.29. The standard InChI is InChI=1S/C26H35N6O13PS.2C25H34N7O13PS/c1-13(2)42-26(37)40-12-47-46(38,45-21-16(9-33)44-24(22(21)39-3)31-7-5-18(35)30-25(31)36)41-10-17-15(34)8-19(43-17)32-11-29-20-14(27)4-6-28-23(20)32;2*1-12(2)42-25(37)40-11-47-46(38,45-19-14(7-33)44-23(20(19)39-3)31-5-4-16(35)30-24(31)36)41-8-15-13(34)6-17(43-15)32-10-29-18-21(26)27-9-28-22(18)32/h4-7,11,13,15-17,19,21-22,24,33-34H,8-10,12H2,1-3H3,(H2,27,28)(H,30,35,36);2*4-5,9-10,12-15,17,19-20,23,33-34H,6-8,11H2,1-3H3,(H2,26,27,28)(H,30,35,36)/t15?,16-,17-,19-,21?,22+,24-,46-;13?,14-,15-,17-,19?,20+,23-,46?;13?,14-,15-,17-,19?,20+,23-,46+/m111/s1. The summed E-state index contributed by atoms with van der Waals surface area (Å²) < 4.78 is 168. The molecule has 7 unspecified atom stereocenters. The van der Waals surface area contributed by atoms with E-state index in [9.17, 15) is 87.5 Å². The molecule has 0 aliphatic carbocycles. The molecule has 24 atom stereocenters. The number of H-pyrrole nitrogens is 3. The third-order valence-corrected chi connectivity index (χ3v) is 31.5. The molecule has 65 heteroatoms. The molecular formula is C76H103N20O39P3S3. The van der Waals surface area contributed by atoms with E-state index in [4.69, 9.17) is 115 Å². The van der Waals surface area contributed by atoms with Gasteiger partial charge in [0.05, 0.1) is 101 Å². The lowest BCUT2D eigenvalue weighted by atomic mass is 10.1. The Bertz CT molecular complexity index is 5750. The summed E-state index contributed by atoms with van der Waals surface area (Å²) in [4.78, 5) is 148. The Morgan fingerprint density at radius 2 is 0.716 bits per heavy atom. The average Bonchev–Trinajstić information content (AvgIpc) is 1.64. The number of nitrogens with one attached hydrogen (secondary N) is 3. The normalized spacial score (nSPS) is 27.3. The maximum absolute atomic E-state index is 14.2. The van der Waals surface area contributed by atoms with Gasteiger partial charge in [0.2, 0.25) is 0 Å². The van der Waals surface area contributed by atoms with E-state index in [1.54, 1.807) is 61.3 Å². The smallest absolute Gasteiger partial charge is 0.432 e. The fourth-order valence-electron chi connectivity index (χ4n) is 15.0. The van der Waals surface area contributed by atoms with Crippen LogP contribution in [0, 0.1) is 0 Å². The van der Waals surface area contributed by atoms with Gasteiger partial charge in [0.1, 0.15) is 121 Å². The highest BCUT2D eigenvalue weighted by molar-refractivity contribution is 8.55. The average molecular weight is 2110 g/mol. The molecule has 6 fully saturated rings. The number of nitrogens with zero attached hydrogens (tertiary/aromatic N) is 14. The number of nitrogen functional groups attached to an aromatic ring is 3. The van der Waals surface area contributed by atoms with E-state index in [1.165, 1.54) is 77.8 Å². The van der Waals surface area contributed by atoms with Crippen molar-refractivity contribution < 1.29 is 157 Å². The van der Waals surface area contributed by atoms with Crippen molar-refractivity contribution in [3.05, 3.63) is 143 Å². The second-order valence-electron chi connectivity index (χ2n) is 31.9. The Hall–Kier alpha value is -10.1. The molecule has 6 aliphatic rings. The Morgan fingerprint density at radius 1 is 0.418 bits per heavy atom. The van der Waals surface area contributed by atoms with Gasteiger partial charge in [-0.1, -0.05) is 0 Å². The number of hydrogen-bond acceptors (Lipinski definition) is 53. The molecule has 15 rings (SSSR count). The molecule has 6 aliphatic heterocycles. The number of aliphatic hydroxyl groups is 6. The molecule has 59 nitrogen and oxygen atoms in total. The zero-order chi connectivity index (χ0) is 102. The third kappa shape index (κ3) is 26.4. The van der Waals surface area contributed by atoms with Crippen LogP contribution in [-0.4, -0.2) is 320 Å². The van der Waals surface area contributed by atoms with Gasteiger partial charge in [-0.3, -0.25) is 83.9 Å². The van der Waals surface area contributed by atoms with E-state index in [0.717, 1.165) is 31.9 Å². The van der Waals surface area contributed by atoms with Gasteiger partial charge in [-0.15, -0.1) is 0 Å². The molecule has 0 radical (unpaired) electrons.